The summed E-state index contributed by atoms with van der Waals surface area (Å²) in [6.45, 7) is 11.4. The van der Waals surface area contributed by atoms with E-state index in [1.807, 2.05) is 62.4 Å². The molecule has 0 unspecified atom stereocenters. The van der Waals surface area contributed by atoms with Gasteiger partial charge in [-0.25, -0.2) is 0 Å². The van der Waals surface area contributed by atoms with Crippen LogP contribution in [0.4, 0.5) is 0 Å². The smallest absolute Gasteiger partial charge is 0.134 e. The predicted molar refractivity (Wildman–Crippen MR) is 84.7 cm³/mol. The van der Waals surface area contributed by atoms with Gasteiger partial charge in [-0.1, -0.05) is 61.8 Å². The van der Waals surface area contributed by atoms with Gasteiger partial charge in [-0.3, -0.25) is 0 Å². The monoisotopic (exact) mass is 252 g/mol. The molecule has 1 heteroatoms. The van der Waals surface area contributed by atoms with Crippen LogP contribution in [0, 0.1) is 0 Å². The molecule has 0 atom stereocenters. The highest BCUT2D eigenvalue weighted by atomic mass is 16.3. The number of allylic oxidation sites excluding steroid dienone is 10. The summed E-state index contributed by atoms with van der Waals surface area (Å²) in [5, 5.41) is 0. The fourth-order valence-corrected chi connectivity index (χ4v) is 1.59. The van der Waals surface area contributed by atoms with Gasteiger partial charge in [-0.2, -0.15) is 0 Å². The van der Waals surface area contributed by atoms with E-state index in [0.717, 1.165) is 22.7 Å². The average Bonchev–Trinajstić information content (AvgIpc) is 2.90. The Hall–Kier alpha value is -2.28. The summed E-state index contributed by atoms with van der Waals surface area (Å²) in [6, 6.07) is 3.92. The first-order valence-corrected chi connectivity index (χ1v) is 6.28. The second kappa shape index (κ2) is 7.93. The van der Waals surface area contributed by atoms with Crippen LogP contribution in [0.5, 0.6) is 0 Å². The summed E-state index contributed by atoms with van der Waals surface area (Å²) >= 11 is 0. The molecule has 0 bridgehead atoms. The van der Waals surface area contributed by atoms with Crippen molar-refractivity contribution < 1.29 is 4.42 Å². The van der Waals surface area contributed by atoms with Gasteiger partial charge in [-0.05, 0) is 26.0 Å². The quantitative estimate of drug-likeness (QED) is 0.603. The van der Waals surface area contributed by atoms with E-state index in [0.29, 0.717) is 0 Å². The predicted octanol–water partition coefficient (Wildman–Crippen LogP) is 5.57. The normalized spacial score (nSPS) is 13.4. The summed E-state index contributed by atoms with van der Waals surface area (Å²) in [7, 11) is 0. The van der Waals surface area contributed by atoms with E-state index in [4.69, 9.17) is 4.42 Å². The Kier molecular flexibility index (Phi) is 6.17. The van der Waals surface area contributed by atoms with Gasteiger partial charge in [0.15, 0.2) is 0 Å². The van der Waals surface area contributed by atoms with Crippen LogP contribution in [0.1, 0.15) is 25.4 Å². The fraction of sp³-hybridized carbons (Fsp3) is 0.111. The molecule has 0 N–H and O–H groups in total. The minimum absolute atomic E-state index is 0.814. The molecular weight excluding hydrogens is 232 g/mol. The largest absolute Gasteiger partial charge is 0.456 e. The SMILES string of the molecule is C=C/C=C\C(=C/C)c1ccc(/C(C=C)=C/C=C\C)o1. The molecule has 0 aliphatic carbocycles. The van der Waals surface area contributed by atoms with E-state index in [1.54, 1.807) is 12.2 Å². The van der Waals surface area contributed by atoms with Crippen LogP contribution >= 0.6 is 0 Å². The molecular formula is C18H20O. The molecule has 0 fully saturated rings. The number of rotatable bonds is 6. The lowest BCUT2D eigenvalue weighted by molar-refractivity contribution is 0.541. The molecule has 1 nitrogen and oxygen atoms in total. The Labute approximate surface area is 115 Å². The maximum Gasteiger partial charge on any atom is 0.134 e. The maximum atomic E-state index is 5.86. The zero-order valence-corrected chi connectivity index (χ0v) is 11.6. The highest BCUT2D eigenvalue weighted by Gasteiger charge is 2.06. The lowest BCUT2D eigenvalue weighted by atomic mass is 10.1. The lowest BCUT2D eigenvalue weighted by Crippen LogP contribution is -1.77. The summed E-state index contributed by atoms with van der Waals surface area (Å²) < 4.78 is 5.86. The van der Waals surface area contributed by atoms with Crippen molar-refractivity contribution in [1.29, 1.82) is 0 Å². The minimum Gasteiger partial charge on any atom is -0.456 e. The van der Waals surface area contributed by atoms with Crippen LogP contribution in [0.2, 0.25) is 0 Å². The van der Waals surface area contributed by atoms with Crippen LogP contribution in [-0.2, 0) is 0 Å². The topological polar surface area (TPSA) is 13.1 Å². The second-order valence-electron chi connectivity index (χ2n) is 3.85. The second-order valence-corrected chi connectivity index (χ2v) is 3.85. The van der Waals surface area contributed by atoms with Gasteiger partial charge in [0, 0.05) is 11.1 Å². The Morgan fingerprint density at radius 1 is 1.05 bits per heavy atom. The molecule has 1 aromatic rings. The van der Waals surface area contributed by atoms with Gasteiger partial charge < -0.3 is 4.42 Å². The molecule has 0 amide bonds. The molecule has 0 saturated carbocycles. The van der Waals surface area contributed by atoms with Crippen molar-refractivity contribution in [3.05, 3.63) is 85.4 Å². The number of hydrogen-bond acceptors (Lipinski definition) is 1. The summed E-state index contributed by atoms with van der Waals surface area (Å²) in [5.74, 6) is 1.65. The first-order valence-electron chi connectivity index (χ1n) is 6.28. The van der Waals surface area contributed by atoms with Crippen molar-refractivity contribution in [3.8, 4) is 0 Å². The van der Waals surface area contributed by atoms with Crippen molar-refractivity contribution in [2.24, 2.45) is 0 Å². The van der Waals surface area contributed by atoms with E-state index in [-0.39, 0.29) is 0 Å². The van der Waals surface area contributed by atoms with E-state index in [2.05, 4.69) is 13.2 Å². The third-order valence-corrected chi connectivity index (χ3v) is 2.59. The average molecular weight is 252 g/mol. The Morgan fingerprint density at radius 3 is 2.26 bits per heavy atom. The zero-order chi connectivity index (χ0) is 14.1. The molecule has 0 aliphatic heterocycles. The molecule has 98 valence electrons. The summed E-state index contributed by atoms with van der Waals surface area (Å²) in [6.07, 6.45) is 15.3. The first-order chi connectivity index (χ1) is 9.26. The molecule has 19 heavy (non-hydrogen) atoms. The standard InChI is InChI=1S/C18H20O/c1-5-9-11-15(7-3)17-13-14-18(19-17)16(8-4)12-10-6-2/h5-14H,1,4H2,2-3H3/b10-6-,11-9-,15-7+,16-12+. The lowest BCUT2D eigenvalue weighted by Gasteiger charge is -1.98. The Balaban J connectivity index is 3.08. The molecule has 0 spiro atoms. The summed E-state index contributed by atoms with van der Waals surface area (Å²) in [5.41, 5.74) is 1.99. The van der Waals surface area contributed by atoms with Gasteiger partial charge in [0.1, 0.15) is 11.5 Å². The molecule has 0 radical (unpaired) electrons. The molecule has 1 aromatic heterocycles. The van der Waals surface area contributed by atoms with Crippen molar-refractivity contribution in [2.45, 2.75) is 13.8 Å². The Morgan fingerprint density at radius 2 is 1.74 bits per heavy atom. The maximum absolute atomic E-state index is 5.86. The van der Waals surface area contributed by atoms with Crippen molar-refractivity contribution in [3.63, 3.8) is 0 Å². The van der Waals surface area contributed by atoms with Gasteiger partial charge >= 0.3 is 0 Å². The van der Waals surface area contributed by atoms with Gasteiger partial charge in [0.2, 0.25) is 0 Å². The van der Waals surface area contributed by atoms with Crippen LogP contribution in [0.25, 0.3) is 11.1 Å². The fourth-order valence-electron chi connectivity index (χ4n) is 1.59. The highest BCUT2D eigenvalue weighted by molar-refractivity contribution is 5.75. The zero-order valence-electron chi connectivity index (χ0n) is 11.6. The van der Waals surface area contributed by atoms with Crippen LogP contribution < -0.4 is 0 Å². The van der Waals surface area contributed by atoms with Crippen molar-refractivity contribution >= 4 is 11.1 Å². The van der Waals surface area contributed by atoms with Crippen LogP contribution in [-0.4, -0.2) is 0 Å². The molecule has 0 aliphatic rings. The minimum atomic E-state index is 0.814. The number of hydrogen-bond donors (Lipinski definition) is 0. The number of furan rings is 1. The van der Waals surface area contributed by atoms with Crippen molar-refractivity contribution in [2.75, 3.05) is 0 Å². The van der Waals surface area contributed by atoms with Crippen LogP contribution in [0.15, 0.2) is 78.3 Å². The van der Waals surface area contributed by atoms with E-state index in [9.17, 15) is 0 Å². The molecule has 1 rings (SSSR count). The van der Waals surface area contributed by atoms with E-state index < -0.39 is 0 Å². The van der Waals surface area contributed by atoms with E-state index >= 15 is 0 Å². The Bertz CT molecular complexity index is 548. The van der Waals surface area contributed by atoms with Crippen molar-refractivity contribution in [1.82, 2.24) is 0 Å². The molecule has 0 saturated heterocycles. The van der Waals surface area contributed by atoms with Crippen LogP contribution in [0.3, 0.4) is 0 Å². The van der Waals surface area contributed by atoms with Gasteiger partial charge in [-0.15, -0.1) is 0 Å². The molecule has 1 heterocycles. The summed E-state index contributed by atoms with van der Waals surface area (Å²) in [4.78, 5) is 0. The third kappa shape index (κ3) is 4.14. The third-order valence-electron chi connectivity index (χ3n) is 2.59. The van der Waals surface area contributed by atoms with Gasteiger partial charge in [0.25, 0.3) is 0 Å². The molecule has 0 aromatic carbocycles. The highest BCUT2D eigenvalue weighted by Crippen LogP contribution is 2.24. The van der Waals surface area contributed by atoms with Gasteiger partial charge in [0.05, 0.1) is 0 Å². The first kappa shape index (κ1) is 14.8. The van der Waals surface area contributed by atoms with E-state index in [1.165, 1.54) is 0 Å².